The van der Waals surface area contributed by atoms with Gasteiger partial charge in [-0.3, -0.25) is 29.7 Å². The van der Waals surface area contributed by atoms with E-state index in [9.17, 15) is 14.4 Å². The van der Waals surface area contributed by atoms with Crippen molar-refractivity contribution < 1.29 is 19.1 Å². The third kappa shape index (κ3) is 5.52. The number of nitrogens with zero attached hydrogens (tertiary/aromatic N) is 5. The molecule has 1 aromatic carbocycles. The number of rotatable bonds is 6. The molecule has 3 aliphatic rings. The number of guanidine groups is 1. The number of aromatic nitrogens is 1. The maximum absolute atomic E-state index is 13.5. The van der Waals surface area contributed by atoms with Crippen LogP contribution in [0.15, 0.2) is 45.4 Å². The molecule has 2 aromatic rings. The summed E-state index contributed by atoms with van der Waals surface area (Å²) in [6.45, 7) is 2.20. The first-order valence-electron chi connectivity index (χ1n) is 13.1. The van der Waals surface area contributed by atoms with Gasteiger partial charge in [-0.05, 0) is 37.5 Å². The fourth-order valence-corrected chi connectivity index (χ4v) is 5.37. The molecule has 6 N–H and O–H groups in total. The number of carbonyl (C=O) groups is 3. The summed E-state index contributed by atoms with van der Waals surface area (Å²) in [4.78, 5) is 52.0. The molecule has 0 saturated carbocycles. The molecule has 212 valence electrons. The summed E-state index contributed by atoms with van der Waals surface area (Å²) in [5, 5.41) is 6.90. The van der Waals surface area contributed by atoms with Crippen LogP contribution in [0.2, 0.25) is 0 Å². The van der Waals surface area contributed by atoms with E-state index in [1.807, 2.05) is 35.4 Å². The lowest BCUT2D eigenvalue weighted by atomic mass is 9.88. The number of hydrogen-bond donors (Lipinski definition) is 4. The molecule has 0 aliphatic carbocycles. The number of amidine groups is 1. The normalized spacial score (nSPS) is 21.9. The Morgan fingerprint density at radius 2 is 2.00 bits per heavy atom. The van der Waals surface area contributed by atoms with Crippen LogP contribution in [0, 0.1) is 0 Å². The monoisotopic (exact) mass is 569 g/mol. The highest BCUT2D eigenvalue weighted by molar-refractivity contribution is 6.67. The van der Waals surface area contributed by atoms with Crippen LogP contribution in [-0.2, 0) is 20.9 Å². The quantitative estimate of drug-likeness (QED) is 0.219. The van der Waals surface area contributed by atoms with Crippen LogP contribution in [0.3, 0.4) is 0 Å². The molecule has 3 aliphatic heterocycles. The second-order valence-electron chi connectivity index (χ2n) is 10.1. The van der Waals surface area contributed by atoms with Gasteiger partial charge >= 0.3 is 5.97 Å². The number of piperidine rings is 1. The maximum Gasteiger partial charge on any atom is 0.305 e. The van der Waals surface area contributed by atoms with Crippen molar-refractivity contribution in [2.75, 3.05) is 26.7 Å². The molecule has 0 bridgehead atoms. The predicted molar refractivity (Wildman–Crippen MR) is 151 cm³/mol. The van der Waals surface area contributed by atoms with Gasteiger partial charge in [0.15, 0.2) is 23.0 Å². The van der Waals surface area contributed by atoms with Gasteiger partial charge < -0.3 is 31.0 Å². The van der Waals surface area contributed by atoms with Crippen LogP contribution in [0.25, 0.3) is 10.9 Å². The fraction of sp³-hybridized carbons (Fsp3) is 0.462. The molecular formula is C26H32ClN9O4. The van der Waals surface area contributed by atoms with Crippen molar-refractivity contribution in [1.82, 2.24) is 20.1 Å². The van der Waals surface area contributed by atoms with Gasteiger partial charge in [0.2, 0.25) is 0 Å². The minimum Gasteiger partial charge on any atom is -0.469 e. The standard InChI is InChI=1S/C26H32ClN9O4/c1-40-18(37)6-3-10-35-11-7-15-16(4-2-5-17(15)35)24(39)36-12-8-26(9-13-36)14-30-25(34-26)33-23(38)19-21(28)32-22(29)20(27)31-19/h2,4-5,7,11,20,22H,3,6,8-10,12-14,29H2,1H3,(H2,28,32)(H2,30,33,34,38). The highest BCUT2D eigenvalue weighted by Gasteiger charge is 2.40. The second kappa shape index (κ2) is 11.3. The van der Waals surface area contributed by atoms with Gasteiger partial charge in [-0.1, -0.05) is 17.7 Å². The average Bonchev–Trinajstić information content (AvgIpc) is 3.54. The molecule has 14 heteroatoms. The van der Waals surface area contributed by atoms with Crippen LogP contribution in [-0.4, -0.2) is 88.7 Å². The van der Waals surface area contributed by atoms with Gasteiger partial charge in [0.1, 0.15) is 6.17 Å². The number of amides is 2. The Morgan fingerprint density at radius 3 is 2.75 bits per heavy atom. The summed E-state index contributed by atoms with van der Waals surface area (Å²) in [7, 11) is 1.38. The van der Waals surface area contributed by atoms with Crippen molar-refractivity contribution in [3.63, 3.8) is 0 Å². The maximum atomic E-state index is 13.5. The van der Waals surface area contributed by atoms with Crippen LogP contribution < -0.4 is 22.1 Å². The number of alkyl halides is 1. The summed E-state index contributed by atoms with van der Waals surface area (Å²) in [6, 6.07) is 7.65. The van der Waals surface area contributed by atoms with Crippen molar-refractivity contribution in [3.05, 3.63) is 36.0 Å². The zero-order chi connectivity index (χ0) is 28.4. The lowest BCUT2D eigenvalue weighted by molar-refractivity contribution is -0.140. The molecular weight excluding hydrogens is 538 g/mol. The van der Waals surface area contributed by atoms with E-state index in [0.29, 0.717) is 63.4 Å². The Morgan fingerprint density at radius 1 is 1.23 bits per heavy atom. The van der Waals surface area contributed by atoms with Crippen molar-refractivity contribution in [2.45, 2.75) is 49.4 Å². The summed E-state index contributed by atoms with van der Waals surface area (Å²) in [6.07, 6.45) is 3.45. The fourth-order valence-electron chi connectivity index (χ4n) is 5.21. The third-order valence-corrected chi connectivity index (χ3v) is 7.85. The smallest absolute Gasteiger partial charge is 0.305 e. The summed E-state index contributed by atoms with van der Waals surface area (Å²) in [5.41, 5.74) is 11.8. The molecule has 2 unspecified atom stereocenters. The molecule has 2 atom stereocenters. The molecule has 1 spiro atoms. The number of ether oxygens (including phenoxy) is 1. The summed E-state index contributed by atoms with van der Waals surface area (Å²) < 4.78 is 6.77. The zero-order valence-electron chi connectivity index (χ0n) is 22.1. The van der Waals surface area contributed by atoms with Gasteiger partial charge in [-0.25, -0.2) is 4.99 Å². The first-order chi connectivity index (χ1) is 19.2. The minimum absolute atomic E-state index is 0.0286. The highest BCUT2D eigenvalue weighted by Crippen LogP contribution is 2.28. The number of fused-ring (bicyclic) bond motifs is 1. The van der Waals surface area contributed by atoms with Gasteiger partial charge in [0.25, 0.3) is 11.8 Å². The zero-order valence-corrected chi connectivity index (χ0v) is 22.9. The molecule has 40 heavy (non-hydrogen) atoms. The number of hydrogen-bond acceptors (Lipinski definition) is 10. The SMILES string of the molecule is COC(=O)CCCn1ccc2c(C(=O)N3CCC4(CC3)CN=C(NC(=O)C3=NC(Cl)C(N)N=C3N)N4)cccc21. The predicted octanol–water partition coefficient (Wildman–Crippen LogP) is 0.306. The highest BCUT2D eigenvalue weighted by atomic mass is 35.5. The van der Waals surface area contributed by atoms with Gasteiger partial charge in [-0.2, -0.15) is 0 Å². The molecule has 13 nitrogen and oxygen atoms in total. The van der Waals surface area contributed by atoms with Crippen molar-refractivity contribution in [3.8, 4) is 0 Å². The second-order valence-corrected chi connectivity index (χ2v) is 10.5. The Bertz CT molecular complexity index is 1420. The number of nitrogens with two attached hydrogens (primary N) is 2. The topological polar surface area (TPSA) is 182 Å². The molecule has 0 radical (unpaired) electrons. The largest absolute Gasteiger partial charge is 0.469 e. The van der Waals surface area contributed by atoms with Gasteiger partial charge in [-0.15, -0.1) is 0 Å². The van der Waals surface area contributed by atoms with Gasteiger partial charge in [0.05, 0.1) is 19.2 Å². The van der Waals surface area contributed by atoms with E-state index in [2.05, 4.69) is 30.2 Å². The van der Waals surface area contributed by atoms with Crippen molar-refractivity contribution >= 4 is 57.8 Å². The van der Waals surface area contributed by atoms with E-state index in [1.54, 1.807) is 0 Å². The van der Waals surface area contributed by atoms with E-state index in [0.717, 1.165) is 10.9 Å². The summed E-state index contributed by atoms with van der Waals surface area (Å²) in [5.74, 6) is -0.591. The molecule has 4 heterocycles. The Labute approximate surface area is 235 Å². The van der Waals surface area contributed by atoms with Crippen molar-refractivity contribution in [1.29, 1.82) is 0 Å². The lowest BCUT2D eigenvalue weighted by Gasteiger charge is -2.39. The lowest BCUT2D eigenvalue weighted by Crippen LogP contribution is -2.57. The molecule has 5 rings (SSSR count). The van der Waals surface area contributed by atoms with E-state index in [4.69, 9.17) is 27.8 Å². The number of aryl methyl sites for hydroxylation is 1. The number of nitrogens with one attached hydrogen (secondary N) is 2. The van der Waals surface area contributed by atoms with Crippen LogP contribution in [0.1, 0.15) is 36.0 Å². The molecule has 1 aromatic heterocycles. The summed E-state index contributed by atoms with van der Waals surface area (Å²) >= 11 is 6.01. The number of likely N-dealkylation sites (tertiary alicyclic amines) is 1. The average molecular weight is 570 g/mol. The van der Waals surface area contributed by atoms with Crippen LogP contribution in [0.5, 0.6) is 0 Å². The third-order valence-electron chi connectivity index (χ3n) is 7.49. The molecule has 2 amide bonds. The number of benzene rings is 1. The number of carbonyl (C=O) groups excluding carboxylic acids is 3. The first-order valence-corrected chi connectivity index (χ1v) is 13.5. The number of aliphatic imine (C=N–C) groups is 3. The Balaban J connectivity index is 1.18. The van der Waals surface area contributed by atoms with Crippen LogP contribution in [0.4, 0.5) is 0 Å². The first kappa shape index (κ1) is 27.6. The van der Waals surface area contributed by atoms with E-state index < -0.39 is 17.6 Å². The number of methoxy groups -OCH3 is 1. The minimum atomic E-state index is -0.879. The van der Waals surface area contributed by atoms with E-state index in [1.165, 1.54) is 7.11 Å². The van der Waals surface area contributed by atoms with Crippen molar-refractivity contribution in [2.24, 2.45) is 26.4 Å². The van der Waals surface area contributed by atoms with E-state index in [-0.39, 0.29) is 29.0 Å². The van der Waals surface area contributed by atoms with Crippen LogP contribution >= 0.6 is 11.6 Å². The molecule has 1 saturated heterocycles. The Kier molecular flexibility index (Phi) is 7.76. The van der Waals surface area contributed by atoms with E-state index >= 15 is 0 Å². The number of esters is 1. The Hall–Kier alpha value is -3.97. The number of halogens is 1. The van der Waals surface area contributed by atoms with Gasteiger partial charge in [0, 0.05) is 48.7 Å². The molecule has 1 fully saturated rings.